The van der Waals surface area contributed by atoms with Crippen molar-refractivity contribution < 1.29 is 98.7 Å². The van der Waals surface area contributed by atoms with Gasteiger partial charge in [-0.2, -0.15) is 52.7 Å². The van der Waals surface area contributed by atoms with Crippen LogP contribution in [0.2, 0.25) is 0 Å². The Labute approximate surface area is 192 Å². The van der Waals surface area contributed by atoms with Gasteiger partial charge in [-0.25, -0.2) is 19.2 Å². The Hall–Kier alpha value is -1.75. The van der Waals surface area contributed by atoms with Crippen LogP contribution in [-0.4, -0.2) is 85.5 Å². The lowest BCUT2D eigenvalue weighted by atomic mass is 10.7. The van der Waals surface area contributed by atoms with Gasteiger partial charge in [0, 0.05) is 6.66 Å². The molecular weight excluding hydrogens is 597 g/mol. The minimum atomic E-state index is -6.00. The van der Waals surface area contributed by atoms with Crippen molar-refractivity contribution in [3.63, 3.8) is 0 Å². The van der Waals surface area contributed by atoms with Crippen LogP contribution in [0.4, 0.5) is 52.7 Å². The van der Waals surface area contributed by atoms with Gasteiger partial charge in [-0.05, 0) is 0 Å². The maximum Gasteiger partial charge on any atom is 1.11 e. The monoisotopic (exact) mass is 600 g/mol. The van der Waals surface area contributed by atoms with Gasteiger partial charge in [0.05, 0.1) is 0 Å². The SMILES string of the molecule is CP(=O)([O][Al]([O]C(=O)C(F)(F)F)[O]C(=O)C(F)(F)F)[O][Al]([O]C(=O)C(F)(F)F)[O]C(=O)C(F)(F)F. The fraction of sp³-hybridized carbons (Fsp3) is 0.556. The van der Waals surface area contributed by atoms with Gasteiger partial charge in [-0.15, -0.1) is 0 Å². The zero-order valence-electron chi connectivity index (χ0n) is 15.6. The second kappa shape index (κ2) is 11.5. The Morgan fingerprint density at radius 1 is 0.514 bits per heavy atom. The van der Waals surface area contributed by atoms with Crippen molar-refractivity contribution in [3.8, 4) is 0 Å². The predicted octanol–water partition coefficient (Wildman–Crippen LogP) is 2.23. The highest BCUT2D eigenvalue weighted by molar-refractivity contribution is 7.55. The van der Waals surface area contributed by atoms with Crippen LogP contribution in [0.15, 0.2) is 0 Å². The van der Waals surface area contributed by atoms with Gasteiger partial charge in [0.15, 0.2) is 0 Å². The largest absolute Gasteiger partial charge is 1.11 e. The molecule has 200 valence electrons. The zero-order valence-corrected chi connectivity index (χ0v) is 18.8. The average Bonchev–Trinajstić information content (AvgIpc) is 2.57. The van der Waals surface area contributed by atoms with Crippen molar-refractivity contribution in [2.45, 2.75) is 24.7 Å². The van der Waals surface area contributed by atoms with Gasteiger partial charge in [0.25, 0.3) is 7.60 Å². The molecule has 26 heteroatoms. The summed E-state index contributed by atoms with van der Waals surface area (Å²) in [6, 6.07) is 0. The Morgan fingerprint density at radius 2 is 0.686 bits per heavy atom. The number of halogens is 12. The van der Waals surface area contributed by atoms with Crippen LogP contribution in [0, 0.1) is 0 Å². The van der Waals surface area contributed by atoms with Crippen LogP contribution in [0.5, 0.6) is 0 Å². The Kier molecular flexibility index (Phi) is 11.0. The molecule has 35 heavy (non-hydrogen) atoms. The van der Waals surface area contributed by atoms with Gasteiger partial charge >= 0.3 is 78.9 Å². The molecule has 0 aliphatic carbocycles. The first-order valence-electron chi connectivity index (χ1n) is 7.31. The first kappa shape index (κ1) is 33.3. The highest BCUT2D eigenvalue weighted by atomic mass is 31.2. The van der Waals surface area contributed by atoms with Crippen molar-refractivity contribution in [2.24, 2.45) is 0 Å². The molecule has 0 N–H and O–H groups in total. The summed E-state index contributed by atoms with van der Waals surface area (Å²) in [5.74, 6) is -13.6. The molecule has 0 aromatic rings. The quantitative estimate of drug-likeness (QED) is 0.230. The van der Waals surface area contributed by atoms with Gasteiger partial charge in [0.2, 0.25) is 0 Å². The van der Waals surface area contributed by atoms with Gasteiger partial charge in [-0.3, -0.25) is 4.57 Å². The van der Waals surface area contributed by atoms with Crippen LogP contribution in [0.1, 0.15) is 0 Å². The van der Waals surface area contributed by atoms with Crippen molar-refractivity contribution >= 4 is 61.8 Å². The van der Waals surface area contributed by atoms with Crippen molar-refractivity contribution in [3.05, 3.63) is 0 Å². The molecule has 0 aromatic heterocycles. The molecule has 0 aliphatic rings. The van der Waals surface area contributed by atoms with Gasteiger partial charge in [0.1, 0.15) is 0 Å². The summed E-state index contributed by atoms with van der Waals surface area (Å²) in [4.78, 5) is 43.0. The molecule has 0 fully saturated rings. The van der Waals surface area contributed by atoms with E-state index < -0.39 is 86.5 Å². The van der Waals surface area contributed by atoms with E-state index in [1.54, 1.807) is 0 Å². The lowest BCUT2D eigenvalue weighted by Gasteiger charge is -2.21. The Morgan fingerprint density at radius 3 is 0.829 bits per heavy atom. The van der Waals surface area contributed by atoms with Crippen LogP contribution >= 0.6 is 7.60 Å². The third-order valence-corrected chi connectivity index (χ3v) is 8.36. The van der Waals surface area contributed by atoms with Crippen molar-refractivity contribution in [1.29, 1.82) is 0 Å². The molecule has 0 spiro atoms. The number of carbonyl (C=O) groups excluding carboxylic acids is 4. The molecule has 0 unspecified atom stereocenters. The first-order chi connectivity index (χ1) is 15.3. The molecule has 0 rings (SSSR count). The maximum atomic E-state index is 12.2. The number of rotatable bonds is 8. The van der Waals surface area contributed by atoms with E-state index in [-0.39, 0.29) is 6.66 Å². The Balaban J connectivity index is 5.91. The van der Waals surface area contributed by atoms with E-state index in [9.17, 15) is 76.4 Å². The van der Waals surface area contributed by atoms with E-state index >= 15 is 0 Å². The van der Waals surface area contributed by atoms with Crippen LogP contribution in [0.3, 0.4) is 0 Å². The molecule has 0 aromatic carbocycles. The molecule has 0 radical (unpaired) electrons. The summed E-state index contributed by atoms with van der Waals surface area (Å²) in [5.41, 5.74) is 0. The zero-order chi connectivity index (χ0) is 28.2. The van der Waals surface area contributed by atoms with Crippen LogP contribution in [0.25, 0.3) is 0 Å². The van der Waals surface area contributed by atoms with Crippen LogP contribution in [-0.2, 0) is 46.0 Å². The third kappa shape index (κ3) is 12.7. The molecular formula is C9H3Al2F12O11P. The lowest BCUT2D eigenvalue weighted by Crippen LogP contribution is -2.42. The van der Waals surface area contributed by atoms with E-state index in [0.717, 1.165) is 0 Å². The van der Waals surface area contributed by atoms with Gasteiger partial charge in [-0.1, -0.05) is 0 Å². The summed E-state index contributed by atoms with van der Waals surface area (Å²) in [6.07, 6.45) is -24.0. The van der Waals surface area contributed by atoms with Gasteiger partial charge < -0.3 is 22.3 Å². The minimum absolute atomic E-state index is 0.112. The van der Waals surface area contributed by atoms with Crippen molar-refractivity contribution in [1.82, 2.24) is 0 Å². The molecule has 0 amide bonds. The summed E-state index contributed by atoms with van der Waals surface area (Å²) < 4.78 is 180. The predicted molar refractivity (Wildman–Crippen MR) is 75.8 cm³/mol. The second-order valence-corrected chi connectivity index (χ2v) is 10.5. The highest BCUT2D eigenvalue weighted by Gasteiger charge is 2.61. The van der Waals surface area contributed by atoms with E-state index in [4.69, 9.17) is 0 Å². The van der Waals surface area contributed by atoms with E-state index in [1.807, 2.05) is 0 Å². The highest BCUT2D eigenvalue weighted by Crippen LogP contribution is 2.46. The molecule has 0 aliphatic heterocycles. The molecule has 11 nitrogen and oxygen atoms in total. The summed E-state index contributed by atoms with van der Waals surface area (Å²) >= 11 is -11.2. The number of alkyl halides is 12. The standard InChI is InChI=1S/4C2HF3O2.CH5O3P.2Al/c4*3-2(4,5)1(6)7;1-5(2,3)4;;/h4*(H,6,7);1H3,(H2,2,3,4);;/q;;;;;2*+3/p-6. The fourth-order valence-electron chi connectivity index (χ4n) is 1.09. The molecule has 0 saturated carbocycles. The summed E-state index contributed by atoms with van der Waals surface area (Å²) in [6.45, 7) is -0.112. The molecule has 0 bridgehead atoms. The molecule has 0 heterocycles. The van der Waals surface area contributed by atoms with E-state index in [1.165, 1.54) is 0 Å². The molecule has 0 atom stereocenters. The topological polar surface area (TPSA) is 141 Å². The second-order valence-electron chi connectivity index (χ2n) is 5.17. The van der Waals surface area contributed by atoms with E-state index in [0.29, 0.717) is 0 Å². The molecule has 0 saturated heterocycles. The number of carbonyl (C=O) groups is 4. The normalized spacial score (nSPS) is 12.9. The maximum absolute atomic E-state index is 12.2. The lowest BCUT2D eigenvalue weighted by molar-refractivity contribution is -0.199. The third-order valence-electron chi connectivity index (χ3n) is 2.29. The first-order valence-corrected chi connectivity index (χ1v) is 12.1. The number of hydrogen-bond acceptors (Lipinski definition) is 11. The Bertz CT molecular complexity index is 744. The summed E-state index contributed by atoms with van der Waals surface area (Å²) in [5, 5.41) is 0. The summed E-state index contributed by atoms with van der Waals surface area (Å²) in [7, 11) is -5.69. The minimum Gasteiger partial charge on any atom is -0.555 e. The smallest absolute Gasteiger partial charge is 0.555 e. The van der Waals surface area contributed by atoms with Crippen molar-refractivity contribution in [2.75, 3.05) is 6.66 Å². The average molecular weight is 600 g/mol. The van der Waals surface area contributed by atoms with Crippen LogP contribution < -0.4 is 0 Å². The fourth-order valence-corrected chi connectivity index (χ4v) is 6.25. The number of hydrogen-bond donors (Lipinski definition) is 0. The van der Waals surface area contributed by atoms with E-state index in [2.05, 4.69) is 22.3 Å².